The van der Waals surface area contributed by atoms with Gasteiger partial charge in [0.2, 0.25) is 0 Å². The molecule has 21 heavy (non-hydrogen) atoms. The third-order valence-electron chi connectivity index (χ3n) is 3.18. The van der Waals surface area contributed by atoms with Gasteiger partial charge >= 0.3 is 0 Å². The topological polar surface area (TPSA) is 33.2 Å². The summed E-state index contributed by atoms with van der Waals surface area (Å²) in [6.45, 7) is 4.47. The Kier molecular flexibility index (Phi) is 5.25. The molecule has 0 unspecified atom stereocenters. The Hall–Kier alpha value is -1.10. The Balaban J connectivity index is 2.07. The molecule has 112 valence electrons. The van der Waals surface area contributed by atoms with E-state index < -0.39 is 0 Å². The van der Waals surface area contributed by atoms with Crippen molar-refractivity contribution in [2.24, 2.45) is 0 Å². The number of rotatable bonds is 4. The zero-order valence-electron chi connectivity index (χ0n) is 12.1. The van der Waals surface area contributed by atoms with Gasteiger partial charge in [0.1, 0.15) is 0 Å². The Morgan fingerprint density at radius 3 is 2.62 bits per heavy atom. The number of hydrogen-bond donors (Lipinski definition) is 0. The molecule has 1 amide bonds. The first kappa shape index (κ1) is 16.3. The molecular weight excluding hydrogens is 327 g/mol. The van der Waals surface area contributed by atoms with Gasteiger partial charge in [-0.05, 0) is 25.5 Å². The van der Waals surface area contributed by atoms with E-state index in [9.17, 15) is 4.79 Å². The molecule has 0 bridgehead atoms. The van der Waals surface area contributed by atoms with Gasteiger partial charge in [0.05, 0.1) is 20.6 Å². The minimum absolute atomic E-state index is 0.129. The number of hydrogen-bond acceptors (Lipinski definition) is 3. The summed E-state index contributed by atoms with van der Waals surface area (Å²) < 4.78 is 0. The molecule has 0 aliphatic rings. The quantitative estimate of drug-likeness (QED) is 0.825. The van der Waals surface area contributed by atoms with Crippen LogP contribution < -0.4 is 0 Å². The molecule has 0 N–H and O–H groups in total. The largest absolute Gasteiger partial charge is 0.341 e. The van der Waals surface area contributed by atoms with Crippen LogP contribution >= 0.6 is 34.5 Å². The zero-order valence-corrected chi connectivity index (χ0v) is 14.4. The number of benzene rings is 1. The lowest BCUT2D eigenvalue weighted by Crippen LogP contribution is -2.29. The second kappa shape index (κ2) is 6.77. The van der Waals surface area contributed by atoms with Crippen LogP contribution in [0.5, 0.6) is 0 Å². The number of aryl methyl sites for hydroxylation is 2. The van der Waals surface area contributed by atoms with Crippen molar-refractivity contribution >= 4 is 40.4 Å². The number of carbonyl (C=O) groups excluding carboxylic acids is 1. The van der Waals surface area contributed by atoms with Crippen molar-refractivity contribution in [2.75, 3.05) is 13.6 Å². The monoisotopic (exact) mass is 342 g/mol. The first-order valence-corrected chi connectivity index (χ1v) is 8.08. The second-order valence-electron chi connectivity index (χ2n) is 4.90. The summed E-state index contributed by atoms with van der Waals surface area (Å²) in [5, 5.41) is 1.78. The Morgan fingerprint density at radius 1 is 1.29 bits per heavy atom. The van der Waals surface area contributed by atoms with E-state index in [-0.39, 0.29) is 5.91 Å². The molecule has 0 atom stereocenters. The van der Waals surface area contributed by atoms with Crippen molar-refractivity contribution in [3.63, 3.8) is 0 Å². The van der Waals surface area contributed by atoms with E-state index in [1.807, 2.05) is 20.0 Å². The summed E-state index contributed by atoms with van der Waals surface area (Å²) >= 11 is 13.9. The highest BCUT2D eigenvalue weighted by molar-refractivity contribution is 7.11. The molecule has 0 saturated heterocycles. The summed E-state index contributed by atoms with van der Waals surface area (Å²) in [6.07, 6.45) is 2.58. The van der Waals surface area contributed by atoms with E-state index in [2.05, 4.69) is 4.98 Å². The molecule has 0 radical (unpaired) electrons. The number of carbonyl (C=O) groups is 1. The van der Waals surface area contributed by atoms with Crippen LogP contribution in [0.25, 0.3) is 0 Å². The standard InChI is InChI=1S/C15H16Cl2N2OS/c1-9-4-5-11(14(17)13(9)16)15(20)19(3)7-6-12-18-8-10(2)21-12/h4-5,8H,6-7H2,1-3H3. The number of thiazole rings is 1. The summed E-state index contributed by atoms with van der Waals surface area (Å²) in [7, 11) is 1.76. The van der Waals surface area contributed by atoms with Gasteiger partial charge in [0, 0.05) is 31.1 Å². The molecule has 1 aromatic carbocycles. The lowest BCUT2D eigenvalue weighted by atomic mass is 10.1. The fourth-order valence-corrected chi connectivity index (χ4v) is 3.13. The van der Waals surface area contributed by atoms with Gasteiger partial charge in [-0.15, -0.1) is 11.3 Å². The van der Waals surface area contributed by atoms with E-state index >= 15 is 0 Å². The summed E-state index contributed by atoms with van der Waals surface area (Å²) in [4.78, 5) is 19.5. The first-order valence-electron chi connectivity index (χ1n) is 6.51. The number of amides is 1. The van der Waals surface area contributed by atoms with Crippen molar-refractivity contribution in [1.29, 1.82) is 0 Å². The van der Waals surface area contributed by atoms with E-state index in [1.165, 1.54) is 4.88 Å². The van der Waals surface area contributed by atoms with Gasteiger partial charge in [0.15, 0.2) is 0 Å². The Morgan fingerprint density at radius 2 is 2.00 bits per heavy atom. The Bertz CT molecular complexity index is 670. The molecule has 1 heterocycles. The molecule has 0 aliphatic heterocycles. The van der Waals surface area contributed by atoms with Gasteiger partial charge in [-0.25, -0.2) is 4.98 Å². The lowest BCUT2D eigenvalue weighted by Gasteiger charge is -2.18. The lowest BCUT2D eigenvalue weighted by molar-refractivity contribution is 0.0797. The maximum absolute atomic E-state index is 12.4. The van der Waals surface area contributed by atoms with Gasteiger partial charge in [-0.2, -0.15) is 0 Å². The van der Waals surface area contributed by atoms with Crippen LogP contribution in [0.1, 0.15) is 25.8 Å². The van der Waals surface area contributed by atoms with Crippen LogP contribution in [-0.2, 0) is 6.42 Å². The minimum Gasteiger partial charge on any atom is -0.341 e. The second-order valence-corrected chi connectivity index (χ2v) is 6.97. The third-order valence-corrected chi connectivity index (χ3v) is 5.13. The van der Waals surface area contributed by atoms with Crippen molar-refractivity contribution in [2.45, 2.75) is 20.3 Å². The maximum atomic E-state index is 12.4. The highest BCUT2D eigenvalue weighted by Gasteiger charge is 2.18. The maximum Gasteiger partial charge on any atom is 0.255 e. The van der Waals surface area contributed by atoms with Crippen molar-refractivity contribution in [3.05, 3.63) is 49.4 Å². The average molecular weight is 343 g/mol. The summed E-state index contributed by atoms with van der Waals surface area (Å²) in [5.74, 6) is -0.129. The van der Waals surface area contributed by atoms with Gasteiger partial charge in [0.25, 0.3) is 5.91 Å². The predicted octanol–water partition coefficient (Wildman–Crippen LogP) is 4.38. The fourth-order valence-electron chi connectivity index (χ4n) is 1.90. The van der Waals surface area contributed by atoms with Crippen LogP contribution in [-0.4, -0.2) is 29.4 Å². The number of aromatic nitrogens is 1. The smallest absolute Gasteiger partial charge is 0.255 e. The molecule has 0 fully saturated rings. The van der Waals surface area contributed by atoms with E-state index in [4.69, 9.17) is 23.2 Å². The summed E-state index contributed by atoms with van der Waals surface area (Å²) in [6, 6.07) is 3.52. The van der Waals surface area contributed by atoms with Crippen molar-refractivity contribution < 1.29 is 4.79 Å². The molecule has 0 saturated carbocycles. The predicted molar refractivity (Wildman–Crippen MR) is 88.7 cm³/mol. The molecule has 6 heteroatoms. The Labute approximate surface area is 138 Å². The molecule has 0 spiro atoms. The average Bonchev–Trinajstić information content (AvgIpc) is 2.87. The molecule has 2 aromatic rings. The molecule has 1 aromatic heterocycles. The number of halogens is 2. The van der Waals surface area contributed by atoms with Crippen LogP contribution in [0, 0.1) is 13.8 Å². The van der Waals surface area contributed by atoms with Crippen LogP contribution in [0.4, 0.5) is 0 Å². The van der Waals surface area contributed by atoms with Crippen LogP contribution in [0.3, 0.4) is 0 Å². The number of nitrogens with zero attached hydrogens (tertiary/aromatic N) is 2. The van der Waals surface area contributed by atoms with Crippen molar-refractivity contribution in [3.8, 4) is 0 Å². The molecular formula is C15H16Cl2N2OS. The van der Waals surface area contributed by atoms with E-state index in [0.29, 0.717) is 22.2 Å². The van der Waals surface area contributed by atoms with Gasteiger partial charge < -0.3 is 4.90 Å². The highest BCUT2D eigenvalue weighted by atomic mass is 35.5. The van der Waals surface area contributed by atoms with Gasteiger partial charge in [-0.3, -0.25) is 4.79 Å². The van der Waals surface area contributed by atoms with Crippen LogP contribution in [0.15, 0.2) is 18.3 Å². The highest BCUT2D eigenvalue weighted by Crippen LogP contribution is 2.29. The normalized spacial score (nSPS) is 10.7. The fraction of sp³-hybridized carbons (Fsp3) is 0.333. The zero-order chi connectivity index (χ0) is 15.6. The molecule has 2 rings (SSSR count). The molecule has 3 nitrogen and oxygen atoms in total. The first-order chi connectivity index (χ1) is 9.90. The van der Waals surface area contributed by atoms with Crippen LogP contribution in [0.2, 0.25) is 10.0 Å². The van der Waals surface area contributed by atoms with Gasteiger partial charge in [-0.1, -0.05) is 29.3 Å². The van der Waals surface area contributed by atoms with Crippen molar-refractivity contribution in [1.82, 2.24) is 9.88 Å². The molecule has 0 aliphatic carbocycles. The third kappa shape index (κ3) is 3.76. The van der Waals surface area contributed by atoms with E-state index in [1.54, 1.807) is 35.4 Å². The summed E-state index contributed by atoms with van der Waals surface area (Å²) in [5.41, 5.74) is 1.30. The SMILES string of the molecule is Cc1cnc(CCN(C)C(=O)c2ccc(C)c(Cl)c2Cl)s1. The number of likely N-dealkylation sites (N-methyl/N-ethyl adjacent to an activating group) is 1. The minimum atomic E-state index is -0.129. The van der Waals surface area contributed by atoms with E-state index in [0.717, 1.165) is 17.0 Å².